The molecule has 1 fully saturated rings. The monoisotopic (exact) mass is 361 g/mol. The first-order valence-electron chi connectivity index (χ1n) is 9.33. The summed E-state index contributed by atoms with van der Waals surface area (Å²) in [5.41, 5.74) is 3.47. The van der Waals surface area contributed by atoms with Gasteiger partial charge in [0.1, 0.15) is 5.76 Å². The second-order valence-corrected chi connectivity index (χ2v) is 6.90. The predicted molar refractivity (Wildman–Crippen MR) is 104 cm³/mol. The van der Waals surface area contributed by atoms with E-state index in [0.29, 0.717) is 26.3 Å². The van der Waals surface area contributed by atoms with Gasteiger partial charge in [-0.25, -0.2) is 0 Å². The smallest absolute Gasteiger partial charge is 0.228 e. The molecule has 0 saturated carbocycles. The lowest BCUT2D eigenvalue weighted by molar-refractivity contribution is -0.137. The topological polar surface area (TPSA) is 42.7 Å². The zero-order valence-electron chi connectivity index (χ0n) is 15.2. The van der Waals surface area contributed by atoms with Gasteiger partial charge in [0.05, 0.1) is 25.3 Å². The highest BCUT2D eigenvalue weighted by atomic mass is 16.5. The van der Waals surface area contributed by atoms with E-state index in [0.717, 1.165) is 17.7 Å². The van der Waals surface area contributed by atoms with Gasteiger partial charge in [0.2, 0.25) is 5.91 Å². The molecule has 1 aromatic heterocycles. The summed E-state index contributed by atoms with van der Waals surface area (Å²) in [4.78, 5) is 14.8. The van der Waals surface area contributed by atoms with E-state index in [-0.39, 0.29) is 11.8 Å². The molecule has 1 aliphatic heterocycles. The van der Waals surface area contributed by atoms with Gasteiger partial charge in [-0.3, -0.25) is 4.79 Å². The van der Waals surface area contributed by atoms with E-state index in [1.165, 1.54) is 11.1 Å². The summed E-state index contributed by atoms with van der Waals surface area (Å²) in [5.74, 6) is 0.878. The van der Waals surface area contributed by atoms with Gasteiger partial charge in [-0.2, -0.15) is 0 Å². The Morgan fingerprint density at radius 3 is 2.37 bits per heavy atom. The van der Waals surface area contributed by atoms with Crippen molar-refractivity contribution in [3.05, 3.63) is 84.3 Å². The van der Waals surface area contributed by atoms with Gasteiger partial charge in [-0.1, -0.05) is 54.6 Å². The third kappa shape index (κ3) is 4.29. The highest BCUT2D eigenvalue weighted by Crippen LogP contribution is 2.22. The molecule has 1 saturated heterocycles. The van der Waals surface area contributed by atoms with Gasteiger partial charge in [0.25, 0.3) is 0 Å². The van der Waals surface area contributed by atoms with Gasteiger partial charge < -0.3 is 14.1 Å². The quantitative estimate of drug-likeness (QED) is 0.649. The second kappa shape index (κ2) is 8.23. The molecule has 0 bridgehead atoms. The minimum Gasteiger partial charge on any atom is -0.467 e. The van der Waals surface area contributed by atoms with Gasteiger partial charge in [0.15, 0.2) is 0 Å². The molecule has 0 unspecified atom stereocenters. The summed E-state index contributed by atoms with van der Waals surface area (Å²) in [6.45, 7) is 2.21. The molecule has 4 heteroatoms. The lowest BCUT2D eigenvalue weighted by Gasteiger charge is -2.24. The van der Waals surface area contributed by atoms with Crippen molar-refractivity contribution < 1.29 is 13.9 Å². The van der Waals surface area contributed by atoms with Gasteiger partial charge in [0, 0.05) is 13.2 Å². The maximum atomic E-state index is 13.0. The largest absolute Gasteiger partial charge is 0.467 e. The van der Waals surface area contributed by atoms with Crippen LogP contribution in [-0.4, -0.2) is 24.0 Å². The molecule has 1 atom stereocenters. The summed E-state index contributed by atoms with van der Waals surface area (Å²) in [5, 5.41) is 0. The van der Waals surface area contributed by atoms with E-state index in [1.807, 2.05) is 35.2 Å². The Morgan fingerprint density at radius 1 is 0.926 bits per heavy atom. The van der Waals surface area contributed by atoms with Crippen molar-refractivity contribution in [1.82, 2.24) is 4.90 Å². The molecule has 4 nitrogen and oxygen atoms in total. The number of hydrogen-bond donors (Lipinski definition) is 0. The zero-order chi connectivity index (χ0) is 18.5. The van der Waals surface area contributed by atoms with E-state index in [4.69, 9.17) is 9.15 Å². The van der Waals surface area contributed by atoms with Gasteiger partial charge in [-0.05, 0) is 35.2 Å². The van der Waals surface area contributed by atoms with E-state index in [2.05, 4.69) is 36.4 Å². The lowest BCUT2D eigenvalue weighted by Crippen LogP contribution is -2.35. The highest BCUT2D eigenvalue weighted by molar-refractivity contribution is 5.79. The van der Waals surface area contributed by atoms with Crippen molar-refractivity contribution in [2.24, 2.45) is 5.92 Å². The Balaban J connectivity index is 1.51. The van der Waals surface area contributed by atoms with E-state index in [1.54, 1.807) is 6.26 Å². The number of furan rings is 1. The third-order valence-electron chi connectivity index (χ3n) is 4.95. The Labute approximate surface area is 159 Å². The molecule has 2 heterocycles. The molecule has 1 amide bonds. The number of carbonyl (C=O) groups is 1. The third-order valence-corrected chi connectivity index (χ3v) is 4.95. The molecule has 138 valence electrons. The predicted octanol–water partition coefficient (Wildman–Crippen LogP) is 4.51. The minimum atomic E-state index is -0.0523. The first-order chi connectivity index (χ1) is 13.3. The van der Waals surface area contributed by atoms with Crippen LogP contribution in [0.3, 0.4) is 0 Å². The van der Waals surface area contributed by atoms with Crippen LogP contribution in [-0.2, 0) is 22.6 Å². The number of rotatable bonds is 6. The number of ether oxygens (including phenoxy) is 1. The first-order valence-corrected chi connectivity index (χ1v) is 9.33. The average Bonchev–Trinajstić information content (AvgIpc) is 3.42. The van der Waals surface area contributed by atoms with Crippen molar-refractivity contribution in [2.75, 3.05) is 13.2 Å². The molecule has 4 rings (SSSR count). The molecule has 0 N–H and O–H groups in total. The fourth-order valence-corrected chi connectivity index (χ4v) is 3.44. The number of amides is 1. The average molecular weight is 361 g/mol. The Bertz CT molecular complexity index is 850. The Hall–Kier alpha value is -2.85. The SMILES string of the molecule is O=C([C@@H]1CCOC1)N(Cc1ccc(-c2ccccc2)cc1)Cc1ccco1. The van der Waals surface area contributed by atoms with Crippen LogP contribution >= 0.6 is 0 Å². The van der Waals surface area contributed by atoms with Crippen LogP contribution in [0.25, 0.3) is 11.1 Å². The highest BCUT2D eigenvalue weighted by Gasteiger charge is 2.28. The van der Waals surface area contributed by atoms with Crippen LogP contribution in [0, 0.1) is 5.92 Å². The normalized spacial score (nSPS) is 16.4. The van der Waals surface area contributed by atoms with E-state index in [9.17, 15) is 4.79 Å². The first kappa shape index (κ1) is 17.6. The van der Waals surface area contributed by atoms with Crippen molar-refractivity contribution in [2.45, 2.75) is 19.5 Å². The Kier molecular flexibility index (Phi) is 5.35. The Morgan fingerprint density at radius 2 is 1.70 bits per heavy atom. The van der Waals surface area contributed by atoms with E-state index < -0.39 is 0 Å². The number of benzene rings is 2. The molecular weight excluding hydrogens is 338 g/mol. The fraction of sp³-hybridized carbons (Fsp3) is 0.261. The van der Waals surface area contributed by atoms with Crippen LogP contribution in [0.5, 0.6) is 0 Å². The van der Waals surface area contributed by atoms with Crippen molar-refractivity contribution in [1.29, 1.82) is 0 Å². The van der Waals surface area contributed by atoms with Crippen molar-refractivity contribution >= 4 is 5.91 Å². The summed E-state index contributed by atoms with van der Waals surface area (Å²) in [6.07, 6.45) is 2.44. The molecule has 0 aliphatic carbocycles. The molecule has 0 radical (unpaired) electrons. The van der Waals surface area contributed by atoms with Crippen LogP contribution in [0.1, 0.15) is 17.7 Å². The molecule has 3 aromatic rings. The van der Waals surface area contributed by atoms with Crippen molar-refractivity contribution in [3.8, 4) is 11.1 Å². The maximum Gasteiger partial charge on any atom is 0.228 e. The number of carbonyl (C=O) groups excluding carboxylic acids is 1. The molecule has 2 aromatic carbocycles. The summed E-state index contributed by atoms with van der Waals surface area (Å²) < 4.78 is 10.9. The van der Waals surface area contributed by atoms with Crippen LogP contribution < -0.4 is 0 Å². The summed E-state index contributed by atoms with van der Waals surface area (Å²) in [7, 11) is 0. The second-order valence-electron chi connectivity index (χ2n) is 6.90. The minimum absolute atomic E-state index is 0.0523. The molecule has 27 heavy (non-hydrogen) atoms. The zero-order valence-corrected chi connectivity index (χ0v) is 15.2. The summed E-state index contributed by atoms with van der Waals surface area (Å²) in [6, 6.07) is 22.5. The van der Waals surface area contributed by atoms with Crippen LogP contribution in [0.4, 0.5) is 0 Å². The van der Waals surface area contributed by atoms with Gasteiger partial charge >= 0.3 is 0 Å². The number of hydrogen-bond acceptors (Lipinski definition) is 3. The lowest BCUT2D eigenvalue weighted by atomic mass is 10.0. The van der Waals surface area contributed by atoms with Gasteiger partial charge in [-0.15, -0.1) is 0 Å². The molecule has 0 spiro atoms. The van der Waals surface area contributed by atoms with E-state index >= 15 is 0 Å². The fourth-order valence-electron chi connectivity index (χ4n) is 3.44. The standard InChI is InChI=1S/C23H23NO3/c25-23(21-12-14-26-17-21)24(16-22-7-4-13-27-22)15-18-8-10-20(11-9-18)19-5-2-1-3-6-19/h1-11,13,21H,12,14-17H2/t21-/m1/s1. The van der Waals surface area contributed by atoms with Crippen molar-refractivity contribution in [3.63, 3.8) is 0 Å². The molecule has 1 aliphatic rings. The van der Waals surface area contributed by atoms with Crippen LogP contribution in [0.2, 0.25) is 0 Å². The summed E-state index contributed by atoms with van der Waals surface area (Å²) >= 11 is 0. The van der Waals surface area contributed by atoms with Crippen LogP contribution in [0.15, 0.2) is 77.4 Å². The molecular formula is C23H23NO3. The maximum absolute atomic E-state index is 13.0. The number of nitrogens with zero attached hydrogens (tertiary/aromatic N) is 1.